The molecule has 0 spiro atoms. The SMILES string of the molecule is NCCOCCNc1c[n+]([O-])c2ccccc2[n+]1[O-]. The Labute approximate surface area is 110 Å². The number of nitrogens with zero attached hydrogens (tertiary/aromatic N) is 2. The first-order chi connectivity index (χ1) is 9.24. The fourth-order valence-electron chi connectivity index (χ4n) is 1.74. The summed E-state index contributed by atoms with van der Waals surface area (Å²) in [4.78, 5) is 0. The number of hydrogen-bond donors (Lipinski definition) is 2. The minimum atomic E-state index is 0.199. The van der Waals surface area contributed by atoms with Crippen molar-refractivity contribution in [1.29, 1.82) is 0 Å². The number of rotatable bonds is 6. The van der Waals surface area contributed by atoms with Gasteiger partial charge in [0.2, 0.25) is 5.52 Å². The van der Waals surface area contributed by atoms with Gasteiger partial charge in [0.15, 0.2) is 0 Å². The van der Waals surface area contributed by atoms with Gasteiger partial charge in [-0.1, -0.05) is 12.1 Å². The molecule has 3 N–H and O–H groups in total. The second-order valence-corrected chi connectivity index (χ2v) is 3.95. The van der Waals surface area contributed by atoms with Gasteiger partial charge >= 0.3 is 5.82 Å². The Kier molecular flexibility index (Phi) is 4.32. The highest BCUT2D eigenvalue weighted by molar-refractivity contribution is 5.67. The Hall–Kier alpha value is -2.12. The Morgan fingerprint density at radius 2 is 1.89 bits per heavy atom. The molecule has 0 bridgehead atoms. The van der Waals surface area contributed by atoms with Gasteiger partial charge in [0.05, 0.1) is 13.2 Å². The summed E-state index contributed by atoms with van der Waals surface area (Å²) < 4.78 is 6.55. The van der Waals surface area contributed by atoms with Crippen molar-refractivity contribution in [2.75, 3.05) is 31.6 Å². The summed E-state index contributed by atoms with van der Waals surface area (Å²) in [5.41, 5.74) is 5.94. The van der Waals surface area contributed by atoms with E-state index in [0.717, 1.165) is 0 Å². The Morgan fingerprint density at radius 3 is 2.63 bits per heavy atom. The van der Waals surface area contributed by atoms with E-state index in [1.807, 2.05) is 0 Å². The monoisotopic (exact) mass is 264 g/mol. The van der Waals surface area contributed by atoms with E-state index in [-0.39, 0.29) is 5.82 Å². The number of aromatic nitrogens is 2. The lowest BCUT2D eigenvalue weighted by atomic mass is 10.3. The van der Waals surface area contributed by atoms with Crippen molar-refractivity contribution in [3.05, 3.63) is 40.9 Å². The third-order valence-corrected chi connectivity index (χ3v) is 2.61. The second kappa shape index (κ2) is 6.17. The molecule has 0 aliphatic carbocycles. The molecule has 1 aromatic carbocycles. The molecule has 0 radical (unpaired) electrons. The number of nitrogens with one attached hydrogen (secondary N) is 1. The fourth-order valence-corrected chi connectivity index (χ4v) is 1.74. The number of nitrogens with two attached hydrogens (primary N) is 1. The molecular weight excluding hydrogens is 248 g/mol. The molecule has 0 atom stereocenters. The van der Waals surface area contributed by atoms with Crippen molar-refractivity contribution in [1.82, 2.24) is 0 Å². The van der Waals surface area contributed by atoms with E-state index in [9.17, 15) is 10.4 Å². The molecule has 0 saturated carbocycles. The fraction of sp³-hybridized carbons (Fsp3) is 0.333. The van der Waals surface area contributed by atoms with Gasteiger partial charge in [-0.05, 0) is 6.07 Å². The number of para-hydroxylation sites is 2. The lowest BCUT2D eigenvalue weighted by Gasteiger charge is -2.11. The standard InChI is InChI=1S/C12H16N4O3/c13-5-7-19-8-6-14-12-9-15(17)10-3-1-2-4-11(10)16(12)18/h1-4,9,14H,5-8,13H2. The smallest absolute Gasteiger partial charge is 0.344 e. The van der Waals surface area contributed by atoms with Crippen LogP contribution in [-0.2, 0) is 4.74 Å². The van der Waals surface area contributed by atoms with Gasteiger partial charge < -0.3 is 20.9 Å². The van der Waals surface area contributed by atoms with E-state index in [1.165, 1.54) is 6.20 Å². The molecular formula is C12H16N4O3. The molecule has 0 aliphatic heterocycles. The van der Waals surface area contributed by atoms with Crippen LogP contribution in [0.3, 0.4) is 0 Å². The number of anilines is 1. The summed E-state index contributed by atoms with van der Waals surface area (Å²) in [5, 5.41) is 26.7. The van der Waals surface area contributed by atoms with E-state index < -0.39 is 0 Å². The molecule has 7 heteroatoms. The van der Waals surface area contributed by atoms with Gasteiger partial charge in [-0.3, -0.25) is 5.32 Å². The summed E-state index contributed by atoms with van der Waals surface area (Å²) in [6.45, 7) is 1.78. The van der Waals surface area contributed by atoms with Crippen LogP contribution in [0.1, 0.15) is 0 Å². The van der Waals surface area contributed by atoms with Crippen molar-refractivity contribution in [2.24, 2.45) is 5.73 Å². The van der Waals surface area contributed by atoms with Crippen LogP contribution < -0.4 is 20.5 Å². The van der Waals surface area contributed by atoms with Crippen molar-refractivity contribution in [3.63, 3.8) is 0 Å². The van der Waals surface area contributed by atoms with E-state index in [0.29, 0.717) is 46.8 Å². The first kappa shape index (κ1) is 13.3. The molecule has 19 heavy (non-hydrogen) atoms. The molecule has 7 nitrogen and oxygen atoms in total. The minimum Gasteiger partial charge on any atom is -0.710 e. The first-order valence-electron chi connectivity index (χ1n) is 6.00. The zero-order chi connectivity index (χ0) is 13.7. The predicted octanol–water partition coefficient (Wildman–Crippen LogP) is -0.506. The average Bonchev–Trinajstić information content (AvgIpc) is 2.44. The number of hydrogen-bond acceptors (Lipinski definition) is 5. The third kappa shape index (κ3) is 3.01. The topological polar surface area (TPSA) is 101 Å². The minimum absolute atomic E-state index is 0.199. The number of fused-ring (bicyclic) bond motifs is 1. The maximum atomic E-state index is 12.0. The van der Waals surface area contributed by atoms with Gasteiger partial charge in [-0.25, -0.2) is 4.73 Å². The molecule has 0 fully saturated rings. The van der Waals surface area contributed by atoms with Gasteiger partial charge in [0, 0.05) is 12.6 Å². The third-order valence-electron chi connectivity index (χ3n) is 2.61. The highest BCUT2D eigenvalue weighted by Crippen LogP contribution is 2.07. The zero-order valence-corrected chi connectivity index (χ0v) is 10.4. The summed E-state index contributed by atoms with van der Waals surface area (Å²) in [7, 11) is 0. The molecule has 2 rings (SSSR count). The van der Waals surface area contributed by atoms with Crippen LogP contribution in [0, 0.1) is 10.4 Å². The van der Waals surface area contributed by atoms with Crippen LogP contribution >= 0.6 is 0 Å². The molecule has 0 saturated heterocycles. The molecule has 1 heterocycles. The van der Waals surface area contributed by atoms with E-state index in [2.05, 4.69) is 5.32 Å². The number of ether oxygens (including phenoxy) is 1. The normalized spacial score (nSPS) is 10.8. The van der Waals surface area contributed by atoms with E-state index >= 15 is 0 Å². The molecule has 102 valence electrons. The predicted molar refractivity (Wildman–Crippen MR) is 70.2 cm³/mol. The summed E-state index contributed by atoms with van der Waals surface area (Å²) in [6, 6.07) is 6.63. The maximum Gasteiger partial charge on any atom is 0.344 e. The Balaban J connectivity index is 2.13. The average molecular weight is 264 g/mol. The van der Waals surface area contributed by atoms with Crippen molar-refractivity contribution < 1.29 is 14.2 Å². The largest absolute Gasteiger partial charge is 0.710 e. The van der Waals surface area contributed by atoms with Crippen LogP contribution in [0.4, 0.5) is 5.82 Å². The highest BCUT2D eigenvalue weighted by Gasteiger charge is 2.15. The zero-order valence-electron chi connectivity index (χ0n) is 10.4. The molecule has 1 aromatic heterocycles. The van der Waals surface area contributed by atoms with Crippen LogP contribution in [0.25, 0.3) is 11.0 Å². The van der Waals surface area contributed by atoms with Crippen LogP contribution in [0.2, 0.25) is 0 Å². The lowest BCUT2D eigenvalue weighted by molar-refractivity contribution is -0.618. The summed E-state index contributed by atoms with van der Waals surface area (Å²) >= 11 is 0. The van der Waals surface area contributed by atoms with E-state index in [1.54, 1.807) is 24.3 Å². The van der Waals surface area contributed by atoms with Crippen LogP contribution in [-0.4, -0.2) is 26.3 Å². The van der Waals surface area contributed by atoms with Crippen LogP contribution in [0.15, 0.2) is 30.5 Å². The Bertz CT molecular complexity index is 562. The Morgan fingerprint density at radius 1 is 1.16 bits per heavy atom. The van der Waals surface area contributed by atoms with Crippen LogP contribution in [0.5, 0.6) is 0 Å². The lowest BCUT2D eigenvalue weighted by Crippen LogP contribution is -2.40. The van der Waals surface area contributed by atoms with Crippen molar-refractivity contribution in [2.45, 2.75) is 0 Å². The second-order valence-electron chi connectivity index (χ2n) is 3.95. The molecule has 2 aromatic rings. The molecule has 0 amide bonds. The summed E-state index contributed by atoms with van der Waals surface area (Å²) in [6.07, 6.45) is 1.22. The van der Waals surface area contributed by atoms with Crippen molar-refractivity contribution in [3.8, 4) is 0 Å². The highest BCUT2D eigenvalue weighted by atomic mass is 16.5. The first-order valence-corrected chi connectivity index (χ1v) is 6.00. The van der Waals surface area contributed by atoms with Gasteiger partial charge in [0.25, 0.3) is 11.7 Å². The van der Waals surface area contributed by atoms with Gasteiger partial charge in [-0.2, -0.15) is 4.73 Å². The summed E-state index contributed by atoms with van der Waals surface area (Å²) in [5.74, 6) is 0.199. The molecule has 0 aliphatic rings. The number of benzene rings is 1. The van der Waals surface area contributed by atoms with Gasteiger partial charge in [0.1, 0.15) is 6.54 Å². The quantitative estimate of drug-likeness (QED) is 0.416. The van der Waals surface area contributed by atoms with Gasteiger partial charge in [-0.15, -0.1) is 0 Å². The van der Waals surface area contributed by atoms with E-state index in [4.69, 9.17) is 10.5 Å². The van der Waals surface area contributed by atoms with Crippen molar-refractivity contribution >= 4 is 16.9 Å². The molecule has 0 unspecified atom stereocenters. The maximum absolute atomic E-state index is 12.0.